The van der Waals surface area contributed by atoms with Crippen molar-refractivity contribution >= 4 is 11.4 Å². The number of aromatic nitrogens is 2. The second kappa shape index (κ2) is 5.04. The summed E-state index contributed by atoms with van der Waals surface area (Å²) in [5.41, 5.74) is 7.48. The predicted octanol–water partition coefficient (Wildman–Crippen LogP) is 2.89. The number of anilines is 1. The highest BCUT2D eigenvalue weighted by molar-refractivity contribution is 5.64. The molecule has 0 fully saturated rings. The molecule has 0 atom stereocenters. The Hall–Kier alpha value is -3.22. The quantitative estimate of drug-likeness (QED) is 0.449. The van der Waals surface area contributed by atoms with Gasteiger partial charge in [-0.25, -0.2) is 0 Å². The minimum absolute atomic E-state index is 0.0313. The Balaban J connectivity index is 1.98. The molecule has 2 aromatic carbocycles. The zero-order valence-electron chi connectivity index (χ0n) is 10.8. The lowest BCUT2D eigenvalue weighted by atomic mass is 10.2. The molecule has 0 amide bonds. The second-order valence-electron chi connectivity index (χ2n) is 4.36. The van der Waals surface area contributed by atoms with Crippen LogP contribution in [-0.2, 0) is 0 Å². The van der Waals surface area contributed by atoms with Gasteiger partial charge in [-0.3, -0.25) is 10.1 Å². The molecule has 1 aromatic heterocycles. The number of rotatable bonds is 3. The van der Waals surface area contributed by atoms with Crippen LogP contribution >= 0.6 is 0 Å². The highest BCUT2D eigenvalue weighted by Gasteiger charge is 2.13. The van der Waals surface area contributed by atoms with Crippen LogP contribution in [0.3, 0.4) is 0 Å². The lowest BCUT2D eigenvalue weighted by Crippen LogP contribution is -1.88. The molecule has 0 unspecified atom stereocenters. The number of nitrogens with two attached hydrogens (primary N) is 1. The van der Waals surface area contributed by atoms with Crippen molar-refractivity contribution in [3.8, 4) is 22.8 Å². The topological polar surface area (TPSA) is 108 Å². The first-order chi connectivity index (χ1) is 10.1. The average Bonchev–Trinajstić information content (AvgIpc) is 2.97. The average molecular weight is 282 g/mol. The maximum absolute atomic E-state index is 10.8. The van der Waals surface area contributed by atoms with Crippen LogP contribution in [0, 0.1) is 10.1 Å². The van der Waals surface area contributed by atoms with E-state index in [1.807, 2.05) is 0 Å². The predicted molar refractivity (Wildman–Crippen MR) is 76.2 cm³/mol. The summed E-state index contributed by atoms with van der Waals surface area (Å²) >= 11 is 0. The summed E-state index contributed by atoms with van der Waals surface area (Å²) in [4.78, 5) is 14.5. The molecule has 0 saturated carbocycles. The van der Waals surface area contributed by atoms with Crippen molar-refractivity contribution < 1.29 is 9.45 Å². The molecule has 0 aliphatic heterocycles. The van der Waals surface area contributed by atoms with E-state index >= 15 is 0 Å². The summed E-state index contributed by atoms with van der Waals surface area (Å²) in [5.74, 6) is 0.597. The first kappa shape index (κ1) is 12.8. The van der Waals surface area contributed by atoms with E-state index in [9.17, 15) is 10.1 Å². The van der Waals surface area contributed by atoms with Gasteiger partial charge in [-0.15, -0.1) is 0 Å². The lowest BCUT2D eigenvalue weighted by Gasteiger charge is -1.96. The number of nitrogens with zero attached hydrogens (tertiary/aromatic N) is 3. The number of nitro benzene ring substituents is 1. The standard InChI is InChI=1S/C14H10N4O3/c15-11-5-1-3-9(7-11)13-16-14(21-17-13)10-4-2-6-12(8-10)18(19)20/h1-8H,15H2. The van der Waals surface area contributed by atoms with Crippen LogP contribution in [0.5, 0.6) is 0 Å². The third kappa shape index (κ3) is 2.57. The van der Waals surface area contributed by atoms with E-state index < -0.39 is 4.92 Å². The van der Waals surface area contributed by atoms with Gasteiger partial charge in [0.1, 0.15) is 0 Å². The molecule has 2 N–H and O–H groups in total. The van der Waals surface area contributed by atoms with E-state index in [1.54, 1.807) is 36.4 Å². The van der Waals surface area contributed by atoms with Crippen molar-refractivity contribution in [2.45, 2.75) is 0 Å². The number of non-ortho nitro benzene ring substituents is 1. The Kier molecular flexibility index (Phi) is 3.07. The smallest absolute Gasteiger partial charge is 0.270 e. The molecule has 104 valence electrons. The van der Waals surface area contributed by atoms with Crippen LogP contribution in [0.1, 0.15) is 0 Å². The van der Waals surface area contributed by atoms with E-state index in [0.29, 0.717) is 17.1 Å². The van der Waals surface area contributed by atoms with E-state index in [2.05, 4.69) is 10.1 Å². The SMILES string of the molecule is Nc1cccc(-c2noc(-c3cccc([N+](=O)[O-])c3)n2)c1. The summed E-state index contributed by atoms with van der Waals surface area (Å²) < 4.78 is 5.16. The molecule has 0 bridgehead atoms. The first-order valence-electron chi connectivity index (χ1n) is 6.08. The van der Waals surface area contributed by atoms with Crippen molar-refractivity contribution in [2.75, 3.05) is 5.73 Å². The fraction of sp³-hybridized carbons (Fsp3) is 0. The van der Waals surface area contributed by atoms with Gasteiger partial charge in [-0.1, -0.05) is 23.4 Å². The van der Waals surface area contributed by atoms with Crippen molar-refractivity contribution in [2.24, 2.45) is 0 Å². The molecule has 1 heterocycles. The Morgan fingerprint density at radius 3 is 2.62 bits per heavy atom. The van der Waals surface area contributed by atoms with Gasteiger partial charge in [0.2, 0.25) is 5.82 Å². The zero-order valence-corrected chi connectivity index (χ0v) is 10.8. The zero-order chi connectivity index (χ0) is 14.8. The van der Waals surface area contributed by atoms with E-state index in [4.69, 9.17) is 10.3 Å². The fourth-order valence-electron chi connectivity index (χ4n) is 1.89. The maximum atomic E-state index is 10.8. The molecule has 0 saturated heterocycles. The molecule has 21 heavy (non-hydrogen) atoms. The lowest BCUT2D eigenvalue weighted by molar-refractivity contribution is -0.384. The third-order valence-corrected chi connectivity index (χ3v) is 2.87. The number of hydrogen-bond donors (Lipinski definition) is 1. The fourth-order valence-corrected chi connectivity index (χ4v) is 1.89. The number of nitro groups is 1. The van der Waals surface area contributed by atoms with Crippen LogP contribution in [-0.4, -0.2) is 15.1 Å². The number of hydrogen-bond acceptors (Lipinski definition) is 6. The van der Waals surface area contributed by atoms with Gasteiger partial charge >= 0.3 is 0 Å². The Morgan fingerprint density at radius 2 is 1.86 bits per heavy atom. The van der Waals surface area contributed by atoms with Crippen molar-refractivity contribution in [3.63, 3.8) is 0 Å². The monoisotopic (exact) mass is 282 g/mol. The van der Waals surface area contributed by atoms with Gasteiger partial charge in [0.25, 0.3) is 11.6 Å². The van der Waals surface area contributed by atoms with Crippen LogP contribution in [0.15, 0.2) is 53.1 Å². The molecule has 7 heteroatoms. The Morgan fingerprint density at radius 1 is 1.10 bits per heavy atom. The molecule has 7 nitrogen and oxygen atoms in total. The number of nitrogen functional groups attached to an aromatic ring is 1. The van der Waals surface area contributed by atoms with Gasteiger partial charge in [-0.05, 0) is 18.2 Å². The molecule has 0 aliphatic rings. The highest BCUT2D eigenvalue weighted by Crippen LogP contribution is 2.25. The van der Waals surface area contributed by atoms with Crippen molar-refractivity contribution in [3.05, 3.63) is 58.6 Å². The Bertz CT molecular complexity index is 813. The molecular formula is C14H10N4O3. The molecule has 0 radical (unpaired) electrons. The van der Waals surface area contributed by atoms with Gasteiger partial charge in [0.05, 0.1) is 4.92 Å². The normalized spacial score (nSPS) is 10.5. The summed E-state index contributed by atoms with van der Waals surface area (Å²) in [6.45, 7) is 0. The summed E-state index contributed by atoms with van der Waals surface area (Å²) in [6, 6.07) is 13.1. The van der Waals surface area contributed by atoms with Gasteiger partial charge in [0, 0.05) is 28.9 Å². The Labute approximate surface area is 119 Å². The minimum atomic E-state index is -0.474. The van der Waals surface area contributed by atoms with Crippen LogP contribution < -0.4 is 5.73 Å². The molecular weight excluding hydrogens is 272 g/mol. The molecule has 0 spiro atoms. The van der Waals surface area contributed by atoms with Crippen molar-refractivity contribution in [1.29, 1.82) is 0 Å². The first-order valence-corrected chi connectivity index (χ1v) is 6.08. The molecule has 3 aromatic rings. The van der Waals surface area contributed by atoms with Gasteiger partial charge in [-0.2, -0.15) is 4.98 Å². The van der Waals surface area contributed by atoms with E-state index in [-0.39, 0.29) is 11.6 Å². The largest absolute Gasteiger partial charge is 0.399 e. The minimum Gasteiger partial charge on any atom is -0.399 e. The van der Waals surface area contributed by atoms with Crippen molar-refractivity contribution in [1.82, 2.24) is 10.1 Å². The van der Waals surface area contributed by atoms with Crippen LogP contribution in [0.4, 0.5) is 11.4 Å². The third-order valence-electron chi connectivity index (χ3n) is 2.87. The highest BCUT2D eigenvalue weighted by atomic mass is 16.6. The molecule has 3 rings (SSSR count). The maximum Gasteiger partial charge on any atom is 0.270 e. The van der Waals surface area contributed by atoms with E-state index in [1.165, 1.54) is 12.1 Å². The van der Waals surface area contributed by atoms with Gasteiger partial charge in [0.15, 0.2) is 0 Å². The van der Waals surface area contributed by atoms with Crippen LogP contribution in [0.2, 0.25) is 0 Å². The summed E-state index contributed by atoms with van der Waals surface area (Å²) in [5, 5.41) is 14.6. The van der Waals surface area contributed by atoms with Gasteiger partial charge < -0.3 is 10.3 Å². The summed E-state index contributed by atoms with van der Waals surface area (Å²) in [7, 11) is 0. The van der Waals surface area contributed by atoms with E-state index in [0.717, 1.165) is 5.56 Å². The number of benzene rings is 2. The second-order valence-corrected chi connectivity index (χ2v) is 4.36. The summed E-state index contributed by atoms with van der Waals surface area (Å²) in [6.07, 6.45) is 0. The molecule has 0 aliphatic carbocycles. The van der Waals surface area contributed by atoms with Crippen LogP contribution in [0.25, 0.3) is 22.8 Å².